The van der Waals surface area contributed by atoms with Crippen LogP contribution in [0.4, 0.5) is 0 Å². The number of ether oxygens (including phenoxy) is 1. The van der Waals surface area contributed by atoms with Crippen molar-refractivity contribution in [3.8, 4) is 0 Å². The Morgan fingerprint density at radius 1 is 1.15 bits per heavy atom. The fourth-order valence-corrected chi connectivity index (χ4v) is 3.32. The second-order valence-electron chi connectivity index (χ2n) is 6.00. The summed E-state index contributed by atoms with van der Waals surface area (Å²) >= 11 is 0. The predicted octanol–water partition coefficient (Wildman–Crippen LogP) is 4.42. The molecule has 0 aliphatic heterocycles. The van der Waals surface area contributed by atoms with Gasteiger partial charge in [0.2, 0.25) is 0 Å². The second-order valence-corrected chi connectivity index (χ2v) is 6.00. The third-order valence-electron chi connectivity index (χ3n) is 4.46. The Bertz CT molecular complexity index is 404. The Kier molecular flexibility index (Phi) is 6.06. The van der Waals surface area contributed by atoms with E-state index in [9.17, 15) is 0 Å². The van der Waals surface area contributed by atoms with Crippen molar-refractivity contribution in [2.24, 2.45) is 0 Å². The molecule has 0 aromatic heterocycles. The van der Waals surface area contributed by atoms with Gasteiger partial charge in [-0.15, -0.1) is 0 Å². The maximum absolute atomic E-state index is 6.20. The van der Waals surface area contributed by atoms with Gasteiger partial charge in [-0.25, -0.2) is 0 Å². The van der Waals surface area contributed by atoms with E-state index in [1.54, 1.807) is 0 Å². The highest BCUT2D eigenvalue weighted by Gasteiger charge is 2.32. The Morgan fingerprint density at radius 3 is 2.60 bits per heavy atom. The number of benzene rings is 1. The molecular formula is C18H29NO. The monoisotopic (exact) mass is 275 g/mol. The molecule has 0 radical (unpaired) electrons. The number of likely N-dealkylation sites (N-methyl/N-ethyl adjacent to an activating group) is 1. The summed E-state index contributed by atoms with van der Waals surface area (Å²) in [5, 5.41) is 3.46. The average Bonchev–Trinajstić information content (AvgIpc) is 2.47. The zero-order valence-corrected chi connectivity index (χ0v) is 13.2. The van der Waals surface area contributed by atoms with Gasteiger partial charge in [0.05, 0.1) is 12.1 Å². The summed E-state index contributed by atoms with van der Waals surface area (Å²) in [4.78, 5) is 0. The molecule has 1 aromatic rings. The Morgan fingerprint density at radius 2 is 1.90 bits per heavy atom. The first-order chi connectivity index (χ1) is 9.77. The van der Waals surface area contributed by atoms with E-state index < -0.39 is 0 Å². The molecule has 2 rings (SSSR count). The lowest BCUT2D eigenvalue weighted by molar-refractivity contribution is 0.0107. The molecule has 3 atom stereocenters. The standard InChI is InChI=1S/C18H29NO/c1-4-5-6-9-12-20-17-13-14(2)15-10-7-8-11-16(15)18(17)19-3/h7-8,10-11,14,17-19H,4-6,9,12-13H2,1-3H3. The Labute approximate surface area is 123 Å². The third-order valence-corrected chi connectivity index (χ3v) is 4.46. The third kappa shape index (κ3) is 3.62. The maximum Gasteiger partial charge on any atom is 0.0775 e. The molecule has 2 heteroatoms. The fourth-order valence-electron chi connectivity index (χ4n) is 3.32. The zero-order chi connectivity index (χ0) is 14.4. The summed E-state index contributed by atoms with van der Waals surface area (Å²) in [6, 6.07) is 9.14. The summed E-state index contributed by atoms with van der Waals surface area (Å²) in [5.74, 6) is 0.594. The van der Waals surface area contributed by atoms with Crippen LogP contribution in [0.3, 0.4) is 0 Å². The maximum atomic E-state index is 6.20. The van der Waals surface area contributed by atoms with E-state index >= 15 is 0 Å². The number of rotatable bonds is 7. The number of fused-ring (bicyclic) bond motifs is 1. The molecule has 1 aliphatic carbocycles. The Balaban J connectivity index is 1.97. The van der Waals surface area contributed by atoms with Crippen LogP contribution in [0.25, 0.3) is 0 Å². The lowest BCUT2D eigenvalue weighted by Crippen LogP contribution is -2.37. The number of unbranched alkanes of at least 4 members (excludes halogenated alkanes) is 3. The summed E-state index contributed by atoms with van der Waals surface area (Å²) in [6.07, 6.45) is 6.52. The van der Waals surface area contributed by atoms with Crippen molar-refractivity contribution in [1.82, 2.24) is 5.32 Å². The van der Waals surface area contributed by atoms with Crippen LogP contribution in [-0.2, 0) is 4.74 Å². The summed E-state index contributed by atoms with van der Waals surface area (Å²) in [6.45, 7) is 5.47. The van der Waals surface area contributed by atoms with Crippen LogP contribution < -0.4 is 5.32 Å². The number of nitrogens with one attached hydrogen (secondary N) is 1. The smallest absolute Gasteiger partial charge is 0.0775 e. The normalized spacial score (nSPS) is 25.4. The van der Waals surface area contributed by atoms with Gasteiger partial charge >= 0.3 is 0 Å². The molecule has 0 amide bonds. The first kappa shape index (κ1) is 15.5. The van der Waals surface area contributed by atoms with Crippen molar-refractivity contribution in [2.75, 3.05) is 13.7 Å². The van der Waals surface area contributed by atoms with Gasteiger partial charge in [0.1, 0.15) is 0 Å². The summed E-state index contributed by atoms with van der Waals surface area (Å²) in [5.41, 5.74) is 2.91. The molecule has 1 aromatic carbocycles. The van der Waals surface area contributed by atoms with Crippen LogP contribution in [0, 0.1) is 0 Å². The Hall–Kier alpha value is -0.860. The molecule has 1 aliphatic rings. The minimum absolute atomic E-state index is 0.312. The van der Waals surface area contributed by atoms with Gasteiger partial charge in [0, 0.05) is 6.61 Å². The molecule has 0 bridgehead atoms. The summed E-state index contributed by atoms with van der Waals surface area (Å²) in [7, 11) is 2.05. The van der Waals surface area contributed by atoms with E-state index in [4.69, 9.17) is 4.74 Å². The largest absolute Gasteiger partial charge is 0.376 e. The first-order valence-corrected chi connectivity index (χ1v) is 8.15. The van der Waals surface area contributed by atoms with Gasteiger partial charge < -0.3 is 10.1 Å². The molecule has 3 unspecified atom stereocenters. The van der Waals surface area contributed by atoms with Crippen molar-refractivity contribution >= 4 is 0 Å². The number of hydrogen-bond acceptors (Lipinski definition) is 2. The van der Waals surface area contributed by atoms with Gasteiger partial charge in [-0.05, 0) is 36.9 Å². The molecule has 0 heterocycles. The molecule has 0 saturated heterocycles. The van der Waals surface area contributed by atoms with Crippen LogP contribution in [0.2, 0.25) is 0 Å². The highest BCUT2D eigenvalue weighted by Crippen LogP contribution is 2.38. The fraction of sp³-hybridized carbons (Fsp3) is 0.667. The highest BCUT2D eigenvalue weighted by molar-refractivity contribution is 5.36. The SMILES string of the molecule is CCCCCCOC1CC(C)c2ccccc2C1NC. The molecule has 2 nitrogen and oxygen atoms in total. The van der Waals surface area contributed by atoms with Crippen molar-refractivity contribution in [2.45, 2.75) is 64.0 Å². The van der Waals surface area contributed by atoms with Crippen LogP contribution in [0.15, 0.2) is 24.3 Å². The quantitative estimate of drug-likeness (QED) is 0.744. The average molecular weight is 275 g/mol. The molecule has 1 N–H and O–H groups in total. The van der Waals surface area contributed by atoms with E-state index in [1.165, 1.54) is 36.8 Å². The predicted molar refractivity (Wildman–Crippen MR) is 85.2 cm³/mol. The van der Waals surface area contributed by atoms with Gasteiger partial charge in [-0.3, -0.25) is 0 Å². The lowest BCUT2D eigenvalue weighted by atomic mass is 9.79. The molecule has 0 fully saturated rings. The lowest BCUT2D eigenvalue weighted by Gasteiger charge is -2.36. The summed E-state index contributed by atoms with van der Waals surface area (Å²) < 4.78 is 6.20. The minimum Gasteiger partial charge on any atom is -0.376 e. The van der Waals surface area contributed by atoms with E-state index in [1.807, 2.05) is 7.05 Å². The topological polar surface area (TPSA) is 21.3 Å². The van der Waals surface area contributed by atoms with Crippen LogP contribution in [0.5, 0.6) is 0 Å². The van der Waals surface area contributed by atoms with Crippen molar-refractivity contribution < 1.29 is 4.74 Å². The molecule has 112 valence electrons. The van der Waals surface area contributed by atoms with Crippen molar-refractivity contribution in [3.05, 3.63) is 35.4 Å². The van der Waals surface area contributed by atoms with Gasteiger partial charge in [0.15, 0.2) is 0 Å². The van der Waals surface area contributed by atoms with Gasteiger partial charge in [-0.1, -0.05) is 57.4 Å². The molecule has 0 saturated carbocycles. The van der Waals surface area contributed by atoms with Gasteiger partial charge in [-0.2, -0.15) is 0 Å². The van der Waals surface area contributed by atoms with Crippen LogP contribution in [-0.4, -0.2) is 19.8 Å². The minimum atomic E-state index is 0.312. The molecule has 20 heavy (non-hydrogen) atoms. The van der Waals surface area contributed by atoms with Crippen LogP contribution in [0.1, 0.15) is 69.0 Å². The molecular weight excluding hydrogens is 246 g/mol. The van der Waals surface area contributed by atoms with Crippen molar-refractivity contribution in [1.29, 1.82) is 0 Å². The van der Waals surface area contributed by atoms with Crippen molar-refractivity contribution in [3.63, 3.8) is 0 Å². The zero-order valence-electron chi connectivity index (χ0n) is 13.2. The van der Waals surface area contributed by atoms with E-state index in [0.29, 0.717) is 18.1 Å². The first-order valence-electron chi connectivity index (χ1n) is 8.15. The van der Waals surface area contributed by atoms with E-state index in [0.717, 1.165) is 13.0 Å². The van der Waals surface area contributed by atoms with E-state index in [-0.39, 0.29) is 0 Å². The van der Waals surface area contributed by atoms with Crippen LogP contribution >= 0.6 is 0 Å². The van der Waals surface area contributed by atoms with Gasteiger partial charge in [0.25, 0.3) is 0 Å². The highest BCUT2D eigenvalue weighted by atomic mass is 16.5. The number of hydrogen-bond donors (Lipinski definition) is 1. The molecule has 0 spiro atoms. The second kappa shape index (κ2) is 7.80. The van der Waals surface area contributed by atoms with E-state index in [2.05, 4.69) is 43.4 Å².